The third-order valence-electron chi connectivity index (χ3n) is 6.86. The molecule has 0 bridgehead atoms. The van der Waals surface area contributed by atoms with Crippen molar-refractivity contribution in [3.05, 3.63) is 89.5 Å². The van der Waals surface area contributed by atoms with E-state index in [0.29, 0.717) is 55.2 Å². The van der Waals surface area contributed by atoms with Crippen molar-refractivity contribution >= 4 is 35.3 Å². The average molecular weight is 648 g/mol. The lowest BCUT2D eigenvalue weighted by Crippen LogP contribution is -2.33. The van der Waals surface area contributed by atoms with Crippen LogP contribution in [0.4, 0.5) is 16.2 Å². The van der Waals surface area contributed by atoms with E-state index in [1.54, 1.807) is 81.2 Å². The predicted molar refractivity (Wildman–Crippen MR) is 180 cm³/mol. The minimum absolute atomic E-state index is 0.158. The van der Waals surface area contributed by atoms with E-state index < -0.39 is 17.7 Å². The Morgan fingerprint density at radius 3 is 2.26 bits per heavy atom. The van der Waals surface area contributed by atoms with Crippen LogP contribution in [0, 0.1) is 0 Å². The number of para-hydroxylation sites is 2. The van der Waals surface area contributed by atoms with Crippen LogP contribution < -0.4 is 20.3 Å². The molecule has 11 nitrogen and oxygen atoms in total. The highest BCUT2D eigenvalue weighted by molar-refractivity contribution is 6.08. The van der Waals surface area contributed by atoms with Crippen LogP contribution in [0.25, 0.3) is 0 Å². The normalized spacial score (nSPS) is 11.0. The van der Waals surface area contributed by atoms with Gasteiger partial charge in [-0.15, -0.1) is 0 Å². The highest BCUT2D eigenvalue weighted by Crippen LogP contribution is 2.24. The Bertz CT molecular complexity index is 1480. The Balaban J connectivity index is 1.52. The number of carboxylic acids is 1. The Morgan fingerprint density at radius 1 is 0.830 bits per heavy atom. The Hall–Kier alpha value is -4.90. The topological polar surface area (TPSA) is 144 Å². The fourth-order valence-electron chi connectivity index (χ4n) is 4.54. The number of amides is 3. The molecule has 0 radical (unpaired) electrons. The summed E-state index contributed by atoms with van der Waals surface area (Å²) in [5, 5.41) is 14.3. The van der Waals surface area contributed by atoms with E-state index >= 15 is 0 Å². The summed E-state index contributed by atoms with van der Waals surface area (Å²) in [5.74, 6) is -0.960. The summed E-state index contributed by atoms with van der Waals surface area (Å²) in [7, 11) is 1.70. The number of aliphatic carboxylic acids is 1. The summed E-state index contributed by atoms with van der Waals surface area (Å²) in [4.78, 5) is 50.5. The number of nitrogens with zero attached hydrogens (tertiary/aromatic N) is 1. The molecule has 0 spiro atoms. The molecule has 0 aliphatic carbocycles. The molecule has 11 heteroatoms. The third-order valence-corrected chi connectivity index (χ3v) is 6.86. The molecule has 3 aromatic carbocycles. The molecule has 0 aliphatic rings. The number of alkyl carbamates (subject to hydrolysis) is 1. The van der Waals surface area contributed by atoms with Crippen molar-refractivity contribution in [1.82, 2.24) is 5.32 Å². The Labute approximate surface area is 276 Å². The van der Waals surface area contributed by atoms with Crippen molar-refractivity contribution in [2.45, 2.75) is 65.1 Å². The number of hydrogen-bond donors (Lipinski definition) is 3. The van der Waals surface area contributed by atoms with Gasteiger partial charge in [0.25, 0.3) is 11.8 Å². The molecule has 3 N–H and O–H groups in total. The van der Waals surface area contributed by atoms with E-state index in [0.717, 1.165) is 24.1 Å². The molecular formula is C36H45N3O8. The van der Waals surface area contributed by atoms with Gasteiger partial charge in [0.15, 0.2) is 0 Å². The molecule has 3 amide bonds. The van der Waals surface area contributed by atoms with Gasteiger partial charge in [0.2, 0.25) is 0 Å². The van der Waals surface area contributed by atoms with Crippen LogP contribution >= 0.6 is 0 Å². The molecule has 3 rings (SSSR count). The van der Waals surface area contributed by atoms with Gasteiger partial charge >= 0.3 is 12.1 Å². The van der Waals surface area contributed by atoms with Gasteiger partial charge in [-0.2, -0.15) is 0 Å². The number of anilines is 2. The number of ether oxygens (including phenoxy) is 3. The summed E-state index contributed by atoms with van der Waals surface area (Å²) in [5.41, 5.74) is 2.32. The van der Waals surface area contributed by atoms with Crippen LogP contribution in [0.1, 0.15) is 79.2 Å². The molecule has 0 unspecified atom stereocenters. The highest BCUT2D eigenvalue weighted by atomic mass is 16.6. The Kier molecular flexibility index (Phi) is 14.2. The van der Waals surface area contributed by atoms with Crippen molar-refractivity contribution < 1.29 is 38.5 Å². The van der Waals surface area contributed by atoms with Crippen LogP contribution in [0.2, 0.25) is 0 Å². The molecule has 47 heavy (non-hydrogen) atoms. The van der Waals surface area contributed by atoms with Crippen molar-refractivity contribution in [3.63, 3.8) is 0 Å². The molecule has 0 saturated heterocycles. The molecule has 0 heterocycles. The molecule has 0 fully saturated rings. The van der Waals surface area contributed by atoms with Crippen molar-refractivity contribution in [1.29, 1.82) is 0 Å². The van der Waals surface area contributed by atoms with Crippen LogP contribution in [-0.2, 0) is 20.9 Å². The Morgan fingerprint density at radius 2 is 1.53 bits per heavy atom. The minimum Gasteiger partial charge on any atom is -0.493 e. The van der Waals surface area contributed by atoms with Gasteiger partial charge in [-0.25, -0.2) is 4.79 Å². The lowest BCUT2D eigenvalue weighted by Gasteiger charge is -2.21. The maximum absolute atomic E-state index is 13.3. The van der Waals surface area contributed by atoms with E-state index in [1.807, 2.05) is 24.3 Å². The fraction of sp³-hybridized carbons (Fsp3) is 0.389. The minimum atomic E-state index is -0.793. The zero-order chi connectivity index (χ0) is 34.2. The van der Waals surface area contributed by atoms with Crippen LogP contribution in [0.5, 0.6) is 5.75 Å². The van der Waals surface area contributed by atoms with E-state index in [2.05, 4.69) is 10.6 Å². The second-order valence-electron chi connectivity index (χ2n) is 11.9. The van der Waals surface area contributed by atoms with Crippen molar-refractivity contribution in [2.24, 2.45) is 0 Å². The number of carbonyl (C=O) groups is 4. The molecule has 0 aromatic heterocycles. The number of rotatable bonds is 17. The van der Waals surface area contributed by atoms with Gasteiger partial charge in [0.1, 0.15) is 11.4 Å². The summed E-state index contributed by atoms with van der Waals surface area (Å²) in [6.45, 7) is 6.86. The summed E-state index contributed by atoms with van der Waals surface area (Å²) >= 11 is 0. The number of carbonyl (C=O) groups excluding carboxylic acids is 3. The zero-order valence-corrected chi connectivity index (χ0v) is 27.5. The molecule has 0 aliphatic heterocycles. The molecule has 3 aromatic rings. The monoisotopic (exact) mass is 647 g/mol. The van der Waals surface area contributed by atoms with E-state index in [9.17, 15) is 19.2 Å². The number of nitrogens with one attached hydrogen (secondary N) is 2. The quantitative estimate of drug-likeness (QED) is 0.138. The van der Waals surface area contributed by atoms with Gasteiger partial charge in [0, 0.05) is 49.1 Å². The summed E-state index contributed by atoms with van der Waals surface area (Å²) in [6.07, 6.45) is 2.35. The second kappa shape index (κ2) is 18.3. The summed E-state index contributed by atoms with van der Waals surface area (Å²) in [6, 6.07) is 21.1. The highest BCUT2D eigenvalue weighted by Gasteiger charge is 2.18. The maximum atomic E-state index is 13.3. The second-order valence-corrected chi connectivity index (χ2v) is 11.9. The predicted octanol–water partition coefficient (Wildman–Crippen LogP) is 6.67. The van der Waals surface area contributed by atoms with Crippen LogP contribution in [0.15, 0.2) is 72.8 Å². The first-order valence-electron chi connectivity index (χ1n) is 15.7. The molecule has 0 atom stereocenters. The fourth-order valence-corrected chi connectivity index (χ4v) is 4.54. The summed E-state index contributed by atoms with van der Waals surface area (Å²) < 4.78 is 16.8. The van der Waals surface area contributed by atoms with E-state index in [-0.39, 0.29) is 24.8 Å². The first-order chi connectivity index (χ1) is 22.4. The smallest absolute Gasteiger partial charge is 0.407 e. The third kappa shape index (κ3) is 12.8. The van der Waals surface area contributed by atoms with Gasteiger partial charge in [-0.1, -0.05) is 36.8 Å². The SMILES string of the molecule is CN(C(=O)c1ccc(NC(=O)c2ccccc2OCCCNC(=O)OC(C)(C)C)cc1)c1ccccc1COCCCCCC(=O)O. The van der Waals surface area contributed by atoms with E-state index in [1.165, 1.54) is 0 Å². The van der Waals surface area contributed by atoms with Gasteiger partial charge in [-0.3, -0.25) is 14.4 Å². The van der Waals surface area contributed by atoms with Gasteiger partial charge < -0.3 is 34.9 Å². The lowest BCUT2D eigenvalue weighted by molar-refractivity contribution is -0.137. The van der Waals surface area contributed by atoms with E-state index in [4.69, 9.17) is 19.3 Å². The van der Waals surface area contributed by atoms with Crippen molar-refractivity contribution in [2.75, 3.05) is 37.0 Å². The van der Waals surface area contributed by atoms with Gasteiger partial charge in [0.05, 0.1) is 18.8 Å². The van der Waals surface area contributed by atoms with Crippen LogP contribution in [0.3, 0.4) is 0 Å². The molecule has 252 valence electrons. The number of unbranched alkanes of at least 4 members (excludes halogenated alkanes) is 2. The first-order valence-corrected chi connectivity index (χ1v) is 15.7. The largest absolute Gasteiger partial charge is 0.493 e. The molecular weight excluding hydrogens is 602 g/mol. The number of benzene rings is 3. The number of carboxylic acid groups (broad SMARTS) is 1. The lowest BCUT2D eigenvalue weighted by atomic mass is 10.1. The standard InChI is InChI=1S/C36H45N3O8/c1-36(2,3)47-35(44)37-22-12-24-46-31-16-10-8-14-29(31)33(42)38-28-20-18-26(19-21-28)34(43)39(4)30-15-9-7-13-27(30)25-45-23-11-5-6-17-32(40)41/h7-10,13-16,18-21H,5-6,11-12,17,22-25H2,1-4H3,(H,37,44)(H,38,42)(H,40,41). The molecule has 0 saturated carbocycles. The number of hydrogen-bond acceptors (Lipinski definition) is 7. The van der Waals surface area contributed by atoms with Crippen molar-refractivity contribution in [3.8, 4) is 5.75 Å². The van der Waals surface area contributed by atoms with Gasteiger partial charge in [-0.05, 0) is 82.5 Å². The zero-order valence-electron chi connectivity index (χ0n) is 27.5. The maximum Gasteiger partial charge on any atom is 0.407 e. The average Bonchev–Trinajstić information content (AvgIpc) is 3.03. The first kappa shape index (κ1) is 36.6. The van der Waals surface area contributed by atoms with Crippen LogP contribution in [-0.4, -0.2) is 61.4 Å².